The molecule has 0 saturated heterocycles. The third kappa shape index (κ3) is 5.34. The van der Waals surface area contributed by atoms with Gasteiger partial charge >= 0.3 is 0 Å². The van der Waals surface area contributed by atoms with Gasteiger partial charge in [0.15, 0.2) is 5.11 Å². The second-order valence-corrected chi connectivity index (χ2v) is 7.06. The highest BCUT2D eigenvalue weighted by Crippen LogP contribution is 2.29. The maximum absolute atomic E-state index is 11.9. The monoisotopic (exact) mass is 345 g/mol. The molecular weight excluding hydrogens is 318 g/mol. The van der Waals surface area contributed by atoms with Crippen molar-refractivity contribution in [3.05, 3.63) is 41.5 Å². The van der Waals surface area contributed by atoms with Crippen molar-refractivity contribution in [2.24, 2.45) is 11.8 Å². The Bertz CT molecular complexity index is 614. The summed E-state index contributed by atoms with van der Waals surface area (Å²) in [5.74, 6) is 1.05. The third-order valence-electron chi connectivity index (χ3n) is 4.93. The molecule has 1 aliphatic rings. The van der Waals surface area contributed by atoms with E-state index in [-0.39, 0.29) is 5.91 Å². The van der Waals surface area contributed by atoms with Gasteiger partial charge in [0.25, 0.3) is 5.91 Å². The Hall–Kier alpha value is -1.88. The fourth-order valence-electron chi connectivity index (χ4n) is 3.09. The van der Waals surface area contributed by atoms with Crippen molar-refractivity contribution in [1.82, 2.24) is 16.2 Å². The molecule has 5 heteroatoms. The number of benzene rings is 1. The van der Waals surface area contributed by atoms with Crippen LogP contribution in [0.1, 0.15) is 44.2 Å². The molecule has 1 fully saturated rings. The lowest BCUT2D eigenvalue weighted by atomic mass is 9.78. The normalized spacial score (nSPS) is 23.7. The summed E-state index contributed by atoms with van der Waals surface area (Å²) in [6.07, 6.45) is 6.92. The third-order valence-corrected chi connectivity index (χ3v) is 5.15. The summed E-state index contributed by atoms with van der Waals surface area (Å²) >= 11 is 5.28. The van der Waals surface area contributed by atoms with Gasteiger partial charge in [-0.3, -0.25) is 15.6 Å². The van der Waals surface area contributed by atoms with Gasteiger partial charge in [0.1, 0.15) is 0 Å². The Morgan fingerprint density at radius 1 is 1.21 bits per heavy atom. The van der Waals surface area contributed by atoms with Gasteiger partial charge in [0, 0.05) is 12.1 Å². The van der Waals surface area contributed by atoms with Gasteiger partial charge in [-0.2, -0.15) is 0 Å². The molecular formula is C19H27N3OS. The molecule has 1 aromatic carbocycles. The fraction of sp³-hybridized carbons (Fsp3) is 0.474. The summed E-state index contributed by atoms with van der Waals surface area (Å²) in [5.41, 5.74) is 7.55. The topological polar surface area (TPSA) is 53.2 Å². The van der Waals surface area contributed by atoms with Gasteiger partial charge in [-0.25, -0.2) is 0 Å². The van der Waals surface area contributed by atoms with Crippen LogP contribution in [0.25, 0.3) is 6.08 Å². The van der Waals surface area contributed by atoms with Crippen molar-refractivity contribution >= 4 is 29.3 Å². The van der Waals surface area contributed by atoms with E-state index in [1.165, 1.54) is 18.9 Å². The van der Waals surface area contributed by atoms with Crippen molar-refractivity contribution in [3.8, 4) is 0 Å². The minimum absolute atomic E-state index is 0.229. The molecule has 24 heavy (non-hydrogen) atoms. The first-order chi connectivity index (χ1) is 11.5. The maximum atomic E-state index is 11.9. The molecule has 1 saturated carbocycles. The Kier molecular flexibility index (Phi) is 6.79. The predicted octanol–water partition coefficient (Wildman–Crippen LogP) is 3.33. The molecule has 2 rings (SSSR count). The van der Waals surface area contributed by atoms with Gasteiger partial charge in [-0.1, -0.05) is 51.0 Å². The average Bonchev–Trinajstić information content (AvgIpc) is 2.56. The van der Waals surface area contributed by atoms with E-state index in [2.05, 4.69) is 30.0 Å². The highest BCUT2D eigenvalue weighted by Gasteiger charge is 2.27. The zero-order valence-corrected chi connectivity index (χ0v) is 15.5. The zero-order chi connectivity index (χ0) is 17.5. The van der Waals surface area contributed by atoms with Gasteiger partial charge in [0.05, 0.1) is 0 Å². The van der Waals surface area contributed by atoms with Gasteiger partial charge in [0.2, 0.25) is 0 Å². The molecule has 0 bridgehead atoms. The molecule has 0 heterocycles. The van der Waals surface area contributed by atoms with Crippen LogP contribution in [-0.2, 0) is 4.79 Å². The van der Waals surface area contributed by atoms with Gasteiger partial charge in [-0.15, -0.1) is 0 Å². The lowest BCUT2D eigenvalue weighted by Gasteiger charge is -2.35. The summed E-state index contributed by atoms with van der Waals surface area (Å²) in [6, 6.07) is 8.29. The van der Waals surface area contributed by atoms with Gasteiger partial charge in [-0.05, 0) is 54.6 Å². The van der Waals surface area contributed by atoms with Crippen LogP contribution in [0.4, 0.5) is 0 Å². The van der Waals surface area contributed by atoms with E-state index in [0.29, 0.717) is 23.0 Å². The van der Waals surface area contributed by atoms with E-state index in [4.69, 9.17) is 12.2 Å². The number of hydrogen-bond donors (Lipinski definition) is 3. The summed E-state index contributed by atoms with van der Waals surface area (Å²) in [6.45, 7) is 6.56. The molecule has 0 aromatic heterocycles. The first-order valence-electron chi connectivity index (χ1n) is 8.57. The van der Waals surface area contributed by atoms with E-state index < -0.39 is 0 Å². The first-order valence-corrected chi connectivity index (χ1v) is 8.98. The predicted molar refractivity (Wildman–Crippen MR) is 103 cm³/mol. The average molecular weight is 346 g/mol. The maximum Gasteiger partial charge on any atom is 0.262 e. The number of amides is 1. The molecule has 3 atom stereocenters. The smallest absolute Gasteiger partial charge is 0.262 e. The van der Waals surface area contributed by atoms with E-state index in [1.807, 2.05) is 31.2 Å². The molecule has 0 unspecified atom stereocenters. The van der Waals surface area contributed by atoms with Crippen LogP contribution in [0, 0.1) is 18.8 Å². The fourth-order valence-corrected chi connectivity index (χ4v) is 3.29. The molecule has 4 nitrogen and oxygen atoms in total. The second kappa shape index (κ2) is 8.83. The summed E-state index contributed by atoms with van der Waals surface area (Å²) < 4.78 is 0. The van der Waals surface area contributed by atoms with Crippen LogP contribution < -0.4 is 16.2 Å². The number of carbonyl (C=O) groups excluding carboxylic acids is 1. The van der Waals surface area contributed by atoms with Crippen molar-refractivity contribution in [2.75, 3.05) is 0 Å². The minimum Gasteiger partial charge on any atom is -0.358 e. The molecule has 1 aromatic rings. The highest BCUT2D eigenvalue weighted by molar-refractivity contribution is 7.80. The lowest BCUT2D eigenvalue weighted by Crippen LogP contribution is -2.52. The number of rotatable bonds is 3. The number of carbonyl (C=O) groups is 1. The molecule has 0 spiro atoms. The van der Waals surface area contributed by atoms with Crippen molar-refractivity contribution in [1.29, 1.82) is 0 Å². The summed E-state index contributed by atoms with van der Waals surface area (Å²) in [4.78, 5) is 11.9. The second-order valence-electron chi connectivity index (χ2n) is 6.65. The van der Waals surface area contributed by atoms with Crippen molar-refractivity contribution < 1.29 is 4.79 Å². The van der Waals surface area contributed by atoms with E-state index in [9.17, 15) is 4.79 Å². The molecule has 0 aliphatic heterocycles. The number of thiocarbonyl (C=S) groups is 1. The Morgan fingerprint density at radius 3 is 2.71 bits per heavy atom. The van der Waals surface area contributed by atoms with Gasteiger partial charge < -0.3 is 5.32 Å². The lowest BCUT2D eigenvalue weighted by molar-refractivity contribution is -0.116. The van der Waals surface area contributed by atoms with Crippen LogP contribution in [0.15, 0.2) is 30.3 Å². The Labute approximate surface area is 150 Å². The van der Waals surface area contributed by atoms with Crippen LogP contribution in [0.2, 0.25) is 0 Å². The Balaban J connectivity index is 1.77. The van der Waals surface area contributed by atoms with Crippen LogP contribution in [-0.4, -0.2) is 17.1 Å². The van der Waals surface area contributed by atoms with E-state index >= 15 is 0 Å². The largest absolute Gasteiger partial charge is 0.358 e. The zero-order valence-electron chi connectivity index (χ0n) is 14.6. The van der Waals surface area contributed by atoms with E-state index in [1.54, 1.807) is 6.08 Å². The molecule has 3 N–H and O–H groups in total. The number of nitrogens with one attached hydrogen (secondary N) is 3. The Morgan fingerprint density at radius 2 is 1.96 bits per heavy atom. The molecule has 1 aliphatic carbocycles. The molecule has 130 valence electrons. The van der Waals surface area contributed by atoms with Crippen LogP contribution in [0.5, 0.6) is 0 Å². The first kappa shape index (κ1) is 18.5. The van der Waals surface area contributed by atoms with Crippen molar-refractivity contribution in [2.45, 2.75) is 46.1 Å². The van der Waals surface area contributed by atoms with Crippen LogP contribution >= 0.6 is 12.2 Å². The highest BCUT2D eigenvalue weighted by atomic mass is 32.1. The van der Waals surface area contributed by atoms with E-state index in [0.717, 1.165) is 17.5 Å². The minimum atomic E-state index is -0.229. The van der Waals surface area contributed by atoms with Crippen molar-refractivity contribution in [3.63, 3.8) is 0 Å². The van der Waals surface area contributed by atoms with Crippen LogP contribution in [0.3, 0.4) is 0 Å². The molecule has 1 amide bonds. The summed E-state index contributed by atoms with van der Waals surface area (Å²) in [5, 5.41) is 3.79. The number of hydrogen-bond acceptors (Lipinski definition) is 2. The molecule has 0 radical (unpaired) electrons. The summed E-state index contributed by atoms with van der Waals surface area (Å²) in [7, 11) is 0. The SMILES string of the molecule is Cc1ccccc1/C=C/C(=O)NNC(=S)N[C@H]1CCC[C@@H](C)[C@@H]1C. The standard InChI is InChI=1S/C19H27N3OS/c1-13-8-6-10-17(15(13)3)20-19(24)22-21-18(23)12-11-16-9-5-4-7-14(16)2/h4-5,7,9,11-13,15,17H,6,8,10H2,1-3H3,(H,21,23)(H2,20,22,24)/b12-11+/t13-,15+,17+/m1/s1. The quantitative estimate of drug-likeness (QED) is 0.447. The number of hydrazine groups is 1. The number of aryl methyl sites for hydroxylation is 1.